The van der Waals surface area contributed by atoms with Crippen molar-refractivity contribution in [1.82, 2.24) is 14.9 Å². The van der Waals surface area contributed by atoms with Crippen LogP contribution in [0.1, 0.15) is 5.56 Å². The lowest BCUT2D eigenvalue weighted by atomic mass is 10.0. The van der Waals surface area contributed by atoms with Gasteiger partial charge in [0.25, 0.3) is 5.56 Å². The molecule has 8 heteroatoms. The summed E-state index contributed by atoms with van der Waals surface area (Å²) in [6.45, 7) is 3.99. The minimum atomic E-state index is -0.358. The van der Waals surface area contributed by atoms with Crippen LogP contribution in [-0.4, -0.2) is 59.4 Å². The number of nitrogens with zero attached hydrogens (tertiary/aromatic N) is 4. The first kappa shape index (κ1) is 20.0. The molecule has 1 aliphatic heterocycles. The van der Waals surface area contributed by atoms with Gasteiger partial charge in [-0.1, -0.05) is 6.07 Å². The second-order valence-electron chi connectivity index (χ2n) is 7.91. The fourth-order valence-corrected chi connectivity index (χ4v) is 3.91. The van der Waals surface area contributed by atoms with Crippen molar-refractivity contribution >= 4 is 28.5 Å². The Labute approximate surface area is 184 Å². The smallest absolute Gasteiger partial charge is 0.258 e. The molecule has 32 heavy (non-hydrogen) atoms. The maximum Gasteiger partial charge on any atom is 0.258 e. The number of aromatic hydroxyl groups is 1. The number of piperazine rings is 1. The molecule has 5 rings (SSSR count). The van der Waals surface area contributed by atoms with Crippen molar-refractivity contribution in [3.8, 4) is 17.0 Å². The lowest BCUT2D eigenvalue weighted by Gasteiger charge is -2.33. The molecule has 8 nitrogen and oxygen atoms in total. The van der Waals surface area contributed by atoms with E-state index < -0.39 is 0 Å². The van der Waals surface area contributed by atoms with Gasteiger partial charge in [0.05, 0.1) is 30.0 Å². The Hall–Kier alpha value is -3.91. The van der Waals surface area contributed by atoms with Gasteiger partial charge in [-0.05, 0) is 42.9 Å². The van der Waals surface area contributed by atoms with Gasteiger partial charge >= 0.3 is 0 Å². The van der Waals surface area contributed by atoms with E-state index in [1.54, 1.807) is 18.6 Å². The number of likely N-dealkylation sites (N-methyl/N-ethyl adjacent to an activating group) is 1. The number of H-pyrrole nitrogens is 1. The molecule has 2 N–H and O–H groups in total. The highest BCUT2D eigenvalue weighted by Crippen LogP contribution is 2.28. The number of benzene rings is 1. The van der Waals surface area contributed by atoms with Gasteiger partial charge < -0.3 is 19.3 Å². The molecule has 0 unspecified atom stereocenters. The summed E-state index contributed by atoms with van der Waals surface area (Å²) in [6, 6.07) is 11.1. The average Bonchev–Trinajstić information content (AvgIpc) is 3.35. The summed E-state index contributed by atoms with van der Waals surface area (Å²) in [4.78, 5) is 28.3. The zero-order valence-corrected chi connectivity index (χ0v) is 17.7. The molecule has 4 heterocycles. The fourth-order valence-electron chi connectivity index (χ4n) is 3.91. The van der Waals surface area contributed by atoms with Gasteiger partial charge in [-0.2, -0.15) is 0 Å². The Morgan fingerprint density at radius 2 is 1.94 bits per heavy atom. The van der Waals surface area contributed by atoms with E-state index in [1.165, 1.54) is 6.21 Å². The van der Waals surface area contributed by atoms with Gasteiger partial charge in [0.15, 0.2) is 5.82 Å². The van der Waals surface area contributed by atoms with E-state index in [0.717, 1.165) is 43.0 Å². The van der Waals surface area contributed by atoms with Crippen molar-refractivity contribution in [2.24, 2.45) is 4.99 Å². The number of aromatic amines is 1. The van der Waals surface area contributed by atoms with Gasteiger partial charge in [0.2, 0.25) is 5.88 Å². The Balaban J connectivity index is 1.46. The van der Waals surface area contributed by atoms with Crippen LogP contribution < -0.4 is 10.5 Å². The SMILES string of the molecule is CN1CCN(c2ccc(N=Cc3c(O)[nH]c(=O)c4ccc(-c5ccoc5)cc34)nc2)CC1. The molecule has 0 spiro atoms. The number of anilines is 1. The standard InChI is InChI=1S/C24H23N5O3/c1-28-7-9-29(10-8-28)18-3-5-22(25-13-18)26-14-21-20-12-16(17-6-11-32-15-17)2-4-19(20)23(30)27-24(21)31/h2-6,11-15H,7-10H2,1H3,(H2,27,30,31). The minimum Gasteiger partial charge on any atom is -0.494 e. The largest absolute Gasteiger partial charge is 0.494 e. The minimum absolute atomic E-state index is 0.232. The molecule has 1 aliphatic rings. The van der Waals surface area contributed by atoms with E-state index >= 15 is 0 Å². The van der Waals surface area contributed by atoms with E-state index in [2.05, 4.69) is 31.8 Å². The van der Waals surface area contributed by atoms with Crippen molar-refractivity contribution in [3.05, 3.63) is 71.0 Å². The summed E-state index contributed by atoms with van der Waals surface area (Å²) >= 11 is 0. The summed E-state index contributed by atoms with van der Waals surface area (Å²) in [6.07, 6.45) is 6.58. The third kappa shape index (κ3) is 3.88. The number of hydrogen-bond acceptors (Lipinski definition) is 7. The predicted molar refractivity (Wildman–Crippen MR) is 125 cm³/mol. The molecule has 1 aromatic carbocycles. The molecule has 4 aromatic rings. The first-order chi connectivity index (χ1) is 15.6. The molecule has 0 radical (unpaired) electrons. The number of aliphatic imine (C=N–C) groups is 1. The third-order valence-corrected chi connectivity index (χ3v) is 5.82. The Morgan fingerprint density at radius 3 is 2.66 bits per heavy atom. The number of rotatable bonds is 4. The van der Waals surface area contributed by atoms with E-state index in [0.29, 0.717) is 22.2 Å². The molecule has 0 aliphatic carbocycles. The monoisotopic (exact) mass is 429 g/mol. The molecule has 3 aromatic heterocycles. The number of aromatic nitrogens is 2. The van der Waals surface area contributed by atoms with E-state index in [1.807, 2.05) is 36.5 Å². The molecule has 0 saturated carbocycles. The lowest BCUT2D eigenvalue weighted by Crippen LogP contribution is -2.44. The van der Waals surface area contributed by atoms with E-state index in [9.17, 15) is 9.90 Å². The topological polar surface area (TPSA) is 98.0 Å². The molecule has 1 fully saturated rings. The van der Waals surface area contributed by atoms with Crippen LogP contribution in [0.25, 0.3) is 21.9 Å². The molecule has 0 atom stereocenters. The van der Waals surface area contributed by atoms with Crippen LogP contribution in [0, 0.1) is 0 Å². The van der Waals surface area contributed by atoms with E-state index in [4.69, 9.17) is 4.42 Å². The van der Waals surface area contributed by atoms with Crippen LogP contribution in [0.5, 0.6) is 5.88 Å². The van der Waals surface area contributed by atoms with Crippen molar-refractivity contribution < 1.29 is 9.52 Å². The van der Waals surface area contributed by atoms with Crippen LogP contribution in [-0.2, 0) is 0 Å². The molecule has 1 saturated heterocycles. The van der Waals surface area contributed by atoms with Crippen LogP contribution >= 0.6 is 0 Å². The highest BCUT2D eigenvalue weighted by atomic mass is 16.3. The summed E-state index contributed by atoms with van der Waals surface area (Å²) in [5.74, 6) is 0.289. The normalized spacial score (nSPS) is 15.1. The fraction of sp³-hybridized carbons (Fsp3) is 0.208. The van der Waals surface area contributed by atoms with Gasteiger partial charge in [-0.15, -0.1) is 0 Å². The summed E-state index contributed by atoms with van der Waals surface area (Å²) < 4.78 is 5.16. The number of nitrogens with one attached hydrogen (secondary N) is 1. The second kappa shape index (κ2) is 8.32. The average molecular weight is 429 g/mol. The quantitative estimate of drug-likeness (QED) is 0.483. The van der Waals surface area contributed by atoms with Crippen molar-refractivity contribution in [1.29, 1.82) is 0 Å². The number of pyridine rings is 2. The third-order valence-electron chi connectivity index (χ3n) is 5.82. The molecule has 0 bridgehead atoms. The van der Waals surface area contributed by atoms with Gasteiger partial charge in [-0.25, -0.2) is 9.98 Å². The molecule has 0 amide bonds. The van der Waals surface area contributed by atoms with Gasteiger partial charge in [-0.3, -0.25) is 9.78 Å². The summed E-state index contributed by atoms with van der Waals surface area (Å²) in [5.41, 5.74) is 2.90. The highest BCUT2D eigenvalue weighted by Gasteiger charge is 2.15. The van der Waals surface area contributed by atoms with Gasteiger partial charge in [0.1, 0.15) is 0 Å². The lowest BCUT2D eigenvalue weighted by molar-refractivity contribution is 0.313. The van der Waals surface area contributed by atoms with Gasteiger partial charge in [0, 0.05) is 48.7 Å². The number of fused-ring (bicyclic) bond motifs is 1. The first-order valence-electron chi connectivity index (χ1n) is 10.4. The number of furan rings is 1. The first-order valence-corrected chi connectivity index (χ1v) is 10.4. The Bertz CT molecular complexity index is 1320. The van der Waals surface area contributed by atoms with E-state index in [-0.39, 0.29) is 11.4 Å². The molecular formula is C24H23N5O3. The van der Waals surface area contributed by atoms with Crippen molar-refractivity contribution in [2.45, 2.75) is 0 Å². The van der Waals surface area contributed by atoms with Crippen LogP contribution in [0.3, 0.4) is 0 Å². The van der Waals surface area contributed by atoms with Crippen LogP contribution in [0.15, 0.2) is 69.3 Å². The maximum absolute atomic E-state index is 12.3. The zero-order chi connectivity index (χ0) is 22.1. The maximum atomic E-state index is 12.3. The van der Waals surface area contributed by atoms with Crippen molar-refractivity contribution in [2.75, 3.05) is 38.1 Å². The van der Waals surface area contributed by atoms with Crippen LogP contribution in [0.2, 0.25) is 0 Å². The van der Waals surface area contributed by atoms with Crippen molar-refractivity contribution in [3.63, 3.8) is 0 Å². The number of hydrogen-bond donors (Lipinski definition) is 2. The molecular weight excluding hydrogens is 406 g/mol. The zero-order valence-electron chi connectivity index (χ0n) is 17.7. The predicted octanol–water partition coefficient (Wildman–Crippen LogP) is 3.39. The Kier molecular flexibility index (Phi) is 5.20. The highest BCUT2D eigenvalue weighted by molar-refractivity contribution is 6.03. The summed E-state index contributed by atoms with van der Waals surface area (Å²) in [7, 11) is 2.13. The summed E-state index contributed by atoms with van der Waals surface area (Å²) in [5, 5.41) is 11.5. The van der Waals surface area contributed by atoms with Crippen LogP contribution in [0.4, 0.5) is 11.5 Å². The Morgan fingerprint density at radius 1 is 1.09 bits per heavy atom. The molecule has 162 valence electrons. The second-order valence-corrected chi connectivity index (χ2v) is 7.91.